The maximum atomic E-state index is 13.4. The van der Waals surface area contributed by atoms with E-state index >= 15 is 0 Å². The lowest BCUT2D eigenvalue weighted by molar-refractivity contribution is -0.597. The minimum atomic E-state index is -8.63. The van der Waals surface area contributed by atoms with Crippen molar-refractivity contribution in [3.8, 4) is 0 Å². The maximum Gasteiger partial charge on any atom is 0.402 e. The highest BCUT2D eigenvalue weighted by atomic mass is 32.2. The van der Waals surface area contributed by atoms with Crippen molar-refractivity contribution in [2.45, 2.75) is 66.2 Å². The van der Waals surface area contributed by atoms with Gasteiger partial charge in [-0.2, -0.15) is 74.6 Å². The molecule has 0 aromatic heterocycles. The molecule has 0 bridgehead atoms. The van der Waals surface area contributed by atoms with Crippen molar-refractivity contribution in [1.82, 2.24) is 0 Å². The van der Waals surface area contributed by atoms with Crippen molar-refractivity contribution < 1.29 is 92.9 Å². The molecule has 0 aromatic rings. The van der Waals surface area contributed by atoms with Gasteiger partial charge in [0.15, 0.2) is 10.1 Å². The van der Waals surface area contributed by atoms with Crippen LogP contribution in [0.5, 0.6) is 0 Å². The average Bonchev–Trinajstić information content (AvgIpc) is 2.58. The van der Waals surface area contributed by atoms with Gasteiger partial charge in [0.2, 0.25) is 0 Å². The normalized spacial score (nSPS) is 15.5. The summed E-state index contributed by atoms with van der Waals surface area (Å²) in [6, 6.07) is 0. The number of hydrogen-bond donors (Lipinski definition) is 1. The highest BCUT2D eigenvalue weighted by molar-refractivity contribution is 7.86. The summed E-state index contributed by atoms with van der Waals surface area (Å²) in [5.74, 6) is -48.7. The highest BCUT2D eigenvalue weighted by Gasteiger charge is 2.93. The Bertz CT molecular complexity index is 807. The van der Waals surface area contributed by atoms with E-state index in [9.17, 15) is 87.6 Å². The molecule has 0 aliphatic heterocycles. The van der Waals surface area contributed by atoms with Gasteiger partial charge in [0.05, 0.1) is 14.1 Å². The second-order valence-electron chi connectivity index (χ2n) is 6.59. The zero-order valence-electron chi connectivity index (χ0n) is 16.8. The van der Waals surface area contributed by atoms with Crippen LogP contribution in [0.3, 0.4) is 0 Å². The molecule has 2 N–H and O–H groups in total. The zero-order chi connectivity index (χ0) is 29.3. The van der Waals surface area contributed by atoms with Crippen molar-refractivity contribution in [2.24, 2.45) is 0 Å². The number of alkyl halides is 17. The van der Waals surface area contributed by atoms with Gasteiger partial charge in [-0.1, -0.05) is 0 Å². The van der Waals surface area contributed by atoms with E-state index in [0.29, 0.717) is 0 Å². The molecule has 0 saturated heterocycles. The summed E-state index contributed by atoms with van der Waals surface area (Å²) in [5, 5.41) is -5.85. The van der Waals surface area contributed by atoms with E-state index in [1.807, 2.05) is 19.4 Å². The van der Waals surface area contributed by atoms with Crippen LogP contribution in [0.2, 0.25) is 0 Å². The van der Waals surface area contributed by atoms with E-state index in [1.54, 1.807) is 0 Å². The summed E-state index contributed by atoms with van der Waals surface area (Å²) in [6.45, 7) is 0. The molecule has 0 radical (unpaired) electrons. The summed E-state index contributed by atoms with van der Waals surface area (Å²) in [5.41, 5.74) is 0. The molecule has 0 heterocycles. The molecule has 0 atom stereocenters. The van der Waals surface area contributed by atoms with E-state index in [0.717, 1.165) is 0 Å². The Hall–Kier alpha value is -1.32. The molecular weight excluding hydrogens is 573 g/mol. The standard InChI is InChI=1S/C11H7F17O3S.C2H7N/c12-4(13,2-1-3-5(14,15)16)6(17,18)7(19,20)8(21,22)9(23,24)10(25,26)11(27,28)32(29,30)31;1-3-2/h1-3H2,(H,29,30,31);3H,1-2H3. The fourth-order valence-electron chi connectivity index (χ4n) is 1.83. The van der Waals surface area contributed by atoms with Gasteiger partial charge in [-0.05, 0) is 6.42 Å². The van der Waals surface area contributed by atoms with Crippen LogP contribution in [-0.4, -0.2) is 74.0 Å². The van der Waals surface area contributed by atoms with Gasteiger partial charge in [0.25, 0.3) is 0 Å². The van der Waals surface area contributed by atoms with Crippen molar-refractivity contribution in [3.63, 3.8) is 0 Å². The second kappa shape index (κ2) is 10.2. The molecule has 0 rings (SSSR count). The molecule has 0 unspecified atom stereocenters. The molecule has 0 aliphatic carbocycles. The minimum absolute atomic E-state index is 2.00. The van der Waals surface area contributed by atoms with E-state index in [4.69, 9.17) is 0 Å². The number of quaternary nitrogens is 1. The highest BCUT2D eigenvalue weighted by Crippen LogP contribution is 2.63. The Labute approximate surface area is 184 Å². The molecule has 4 nitrogen and oxygen atoms in total. The van der Waals surface area contributed by atoms with Gasteiger partial charge in [0.1, 0.15) is 0 Å². The first-order valence-corrected chi connectivity index (χ1v) is 9.69. The lowest BCUT2D eigenvalue weighted by Gasteiger charge is -2.42. The van der Waals surface area contributed by atoms with Crippen LogP contribution < -0.4 is 5.32 Å². The van der Waals surface area contributed by atoms with Crippen LogP contribution in [0.4, 0.5) is 74.6 Å². The fourth-order valence-corrected chi connectivity index (χ4v) is 2.27. The van der Waals surface area contributed by atoms with E-state index < -0.39 is 76.3 Å². The van der Waals surface area contributed by atoms with Crippen LogP contribution in [-0.2, 0) is 10.1 Å². The molecule has 0 fully saturated rings. The third-order valence-corrected chi connectivity index (χ3v) is 4.55. The molecule has 0 amide bonds. The van der Waals surface area contributed by atoms with Crippen molar-refractivity contribution in [1.29, 1.82) is 0 Å². The summed E-state index contributed by atoms with van der Waals surface area (Å²) in [7, 11) is -4.07. The van der Waals surface area contributed by atoms with Crippen molar-refractivity contribution in [3.05, 3.63) is 0 Å². The Balaban J connectivity index is 0. The Morgan fingerprint density at radius 2 is 0.857 bits per heavy atom. The van der Waals surface area contributed by atoms with Gasteiger partial charge in [-0.15, -0.1) is 0 Å². The van der Waals surface area contributed by atoms with Crippen LogP contribution in [0, 0.1) is 0 Å². The Morgan fingerprint density at radius 3 is 1.14 bits per heavy atom. The molecule has 0 aliphatic rings. The molecule has 0 saturated carbocycles. The van der Waals surface area contributed by atoms with E-state index in [1.165, 1.54) is 0 Å². The van der Waals surface area contributed by atoms with Crippen molar-refractivity contribution in [2.75, 3.05) is 14.1 Å². The molecule has 0 spiro atoms. The summed E-state index contributed by atoms with van der Waals surface area (Å²) in [6.07, 6.45) is -13.1. The summed E-state index contributed by atoms with van der Waals surface area (Å²) < 4.78 is 250. The SMILES string of the molecule is C[NH2+]C.O=S(=O)([O-])C(F)(F)C(F)(F)C(F)(F)C(F)(F)C(F)(F)C(F)(F)C(F)(F)CCCC(F)(F)F. The van der Waals surface area contributed by atoms with Gasteiger partial charge < -0.3 is 9.87 Å². The van der Waals surface area contributed by atoms with Gasteiger partial charge in [-0.3, -0.25) is 0 Å². The first-order valence-electron chi connectivity index (χ1n) is 8.28. The number of nitrogens with two attached hydrogens (primary N) is 1. The minimum Gasteiger partial charge on any atom is -0.743 e. The molecule has 214 valence electrons. The maximum absolute atomic E-state index is 13.4. The lowest BCUT2D eigenvalue weighted by Crippen LogP contribution is -2.74. The number of rotatable bonds is 10. The largest absolute Gasteiger partial charge is 0.743 e. The predicted octanol–water partition coefficient (Wildman–Crippen LogP) is 4.48. The molecule has 35 heavy (non-hydrogen) atoms. The quantitative estimate of drug-likeness (QED) is 0.303. The number of hydrogen-bond acceptors (Lipinski definition) is 3. The molecular formula is C13H14F17NO3S. The Morgan fingerprint density at radius 1 is 0.571 bits per heavy atom. The van der Waals surface area contributed by atoms with Crippen molar-refractivity contribution >= 4 is 10.1 Å². The topological polar surface area (TPSA) is 73.8 Å². The number of halogens is 17. The second-order valence-corrected chi connectivity index (χ2v) is 8.01. The Kier molecular flexibility index (Phi) is 10.5. The summed E-state index contributed by atoms with van der Waals surface area (Å²) in [4.78, 5) is 0. The van der Waals surface area contributed by atoms with Crippen LogP contribution in [0.25, 0.3) is 0 Å². The predicted molar refractivity (Wildman–Crippen MR) is 78.0 cm³/mol. The molecule has 22 heteroatoms. The smallest absolute Gasteiger partial charge is 0.402 e. The third kappa shape index (κ3) is 6.34. The lowest BCUT2D eigenvalue weighted by atomic mass is 9.89. The average molecular weight is 587 g/mol. The van der Waals surface area contributed by atoms with Crippen LogP contribution in [0.1, 0.15) is 19.3 Å². The fraction of sp³-hybridized carbons (Fsp3) is 1.00. The van der Waals surface area contributed by atoms with Gasteiger partial charge in [0, 0.05) is 12.8 Å². The van der Waals surface area contributed by atoms with Gasteiger partial charge in [-0.25, -0.2) is 8.42 Å². The third-order valence-electron chi connectivity index (χ3n) is 3.67. The van der Waals surface area contributed by atoms with Crippen LogP contribution >= 0.6 is 0 Å². The first kappa shape index (κ1) is 35.8. The first-order chi connectivity index (χ1) is 14.9. The zero-order valence-corrected chi connectivity index (χ0v) is 17.6. The van der Waals surface area contributed by atoms with Gasteiger partial charge >= 0.3 is 47.0 Å². The van der Waals surface area contributed by atoms with E-state index in [2.05, 4.69) is 0 Å². The monoisotopic (exact) mass is 587 g/mol. The van der Waals surface area contributed by atoms with E-state index in [-0.39, 0.29) is 0 Å². The summed E-state index contributed by atoms with van der Waals surface area (Å²) >= 11 is 0. The van der Waals surface area contributed by atoms with Crippen LogP contribution in [0.15, 0.2) is 0 Å². The molecule has 0 aromatic carbocycles.